The highest BCUT2D eigenvalue weighted by molar-refractivity contribution is 8.76. The van der Waals surface area contributed by atoms with E-state index in [4.69, 9.17) is 10.8 Å². The Labute approximate surface area is 68.1 Å². The van der Waals surface area contributed by atoms with E-state index in [9.17, 15) is 4.79 Å². The molecule has 0 spiro atoms. The van der Waals surface area contributed by atoms with Crippen molar-refractivity contribution < 1.29 is 9.90 Å². The van der Waals surface area contributed by atoms with Crippen molar-refractivity contribution in [3.05, 3.63) is 0 Å². The Kier molecular flexibility index (Phi) is 5.96. The fourth-order valence-electron chi connectivity index (χ4n) is 0.276. The first-order valence-corrected chi connectivity index (χ1v) is 5.40. The number of carboxylic acid groups (broad SMARTS) is 1. The van der Waals surface area contributed by atoms with Crippen molar-refractivity contribution in [2.75, 3.05) is 11.5 Å². The van der Waals surface area contributed by atoms with Gasteiger partial charge in [0.1, 0.15) is 6.04 Å². The van der Waals surface area contributed by atoms with Gasteiger partial charge in [0, 0.05) is 11.5 Å². The van der Waals surface area contributed by atoms with Gasteiger partial charge in [-0.1, -0.05) is 28.5 Å². The summed E-state index contributed by atoms with van der Waals surface area (Å²) in [6.45, 7) is 2.02. The van der Waals surface area contributed by atoms with E-state index in [0.717, 1.165) is 5.75 Å². The molecule has 0 bridgehead atoms. The second kappa shape index (κ2) is 5.88. The summed E-state index contributed by atoms with van der Waals surface area (Å²) in [5, 5.41) is 8.33. The lowest BCUT2D eigenvalue weighted by molar-refractivity contribution is -0.137. The molecule has 10 heavy (non-hydrogen) atoms. The van der Waals surface area contributed by atoms with Gasteiger partial charge in [-0.15, -0.1) is 0 Å². The lowest BCUT2D eigenvalue weighted by Crippen LogP contribution is -2.32. The molecule has 0 aromatic carbocycles. The summed E-state index contributed by atoms with van der Waals surface area (Å²) in [6, 6.07) is -0.718. The van der Waals surface area contributed by atoms with Crippen molar-refractivity contribution in [2.24, 2.45) is 5.73 Å². The molecule has 0 unspecified atom stereocenters. The predicted octanol–water partition coefficient (Wildman–Crippen LogP) is 0.800. The first kappa shape index (κ1) is 10.1. The standard InChI is InChI=1S/C5H11NO2S2/c1-2-9-10-3-4(6)5(7)8/h4H,2-3,6H2,1H3,(H,7,8)/t4-/m1/s1. The molecule has 0 fully saturated rings. The lowest BCUT2D eigenvalue weighted by Gasteiger charge is -2.02. The molecule has 0 radical (unpaired) electrons. The molecular weight excluding hydrogens is 170 g/mol. The number of rotatable bonds is 5. The second-order valence-corrected chi connectivity index (χ2v) is 4.43. The van der Waals surface area contributed by atoms with Gasteiger partial charge in [-0.3, -0.25) is 4.79 Å². The van der Waals surface area contributed by atoms with Gasteiger partial charge in [-0.2, -0.15) is 0 Å². The van der Waals surface area contributed by atoms with Gasteiger partial charge in [0.2, 0.25) is 0 Å². The second-order valence-electron chi connectivity index (χ2n) is 1.64. The fourth-order valence-corrected chi connectivity index (χ4v) is 2.06. The normalized spacial score (nSPS) is 13.0. The molecule has 0 aliphatic carbocycles. The van der Waals surface area contributed by atoms with Gasteiger partial charge in [0.05, 0.1) is 0 Å². The van der Waals surface area contributed by atoms with E-state index in [1.54, 1.807) is 10.8 Å². The number of aliphatic carboxylic acids is 1. The number of carbonyl (C=O) groups is 1. The Morgan fingerprint density at radius 3 is 2.70 bits per heavy atom. The quantitative estimate of drug-likeness (QED) is 0.485. The van der Waals surface area contributed by atoms with Crippen LogP contribution >= 0.6 is 21.6 Å². The molecule has 5 heteroatoms. The molecule has 0 aromatic heterocycles. The van der Waals surface area contributed by atoms with Crippen molar-refractivity contribution in [3.63, 3.8) is 0 Å². The van der Waals surface area contributed by atoms with E-state index >= 15 is 0 Å². The Morgan fingerprint density at radius 1 is 1.70 bits per heavy atom. The molecule has 3 nitrogen and oxygen atoms in total. The topological polar surface area (TPSA) is 63.3 Å². The van der Waals surface area contributed by atoms with Gasteiger partial charge in [-0.05, 0) is 0 Å². The maximum atomic E-state index is 10.1. The van der Waals surface area contributed by atoms with Crippen molar-refractivity contribution in [1.82, 2.24) is 0 Å². The minimum absolute atomic E-state index is 0.480. The maximum Gasteiger partial charge on any atom is 0.321 e. The highest BCUT2D eigenvalue weighted by atomic mass is 33.1. The van der Waals surface area contributed by atoms with E-state index in [1.807, 2.05) is 6.92 Å². The van der Waals surface area contributed by atoms with Gasteiger partial charge < -0.3 is 10.8 Å². The van der Waals surface area contributed by atoms with Crippen LogP contribution in [0.25, 0.3) is 0 Å². The summed E-state index contributed by atoms with van der Waals surface area (Å²) in [5.74, 6) is 0.536. The summed E-state index contributed by atoms with van der Waals surface area (Å²) in [6.07, 6.45) is 0. The number of hydrogen-bond donors (Lipinski definition) is 2. The third kappa shape index (κ3) is 4.96. The molecule has 0 aliphatic heterocycles. The molecule has 60 valence electrons. The fraction of sp³-hybridized carbons (Fsp3) is 0.800. The average molecular weight is 181 g/mol. The van der Waals surface area contributed by atoms with E-state index in [0.29, 0.717) is 5.75 Å². The summed E-state index contributed by atoms with van der Waals surface area (Å²) in [5.41, 5.74) is 5.22. The Balaban J connectivity index is 3.21. The van der Waals surface area contributed by atoms with Crippen LogP contribution in [0.3, 0.4) is 0 Å². The highest BCUT2D eigenvalue weighted by Crippen LogP contribution is 2.20. The molecule has 3 N–H and O–H groups in total. The SMILES string of the molecule is CCSSC[C@@H](N)C(=O)O. The van der Waals surface area contributed by atoms with Crippen molar-refractivity contribution in [2.45, 2.75) is 13.0 Å². The van der Waals surface area contributed by atoms with Gasteiger partial charge in [0.25, 0.3) is 0 Å². The van der Waals surface area contributed by atoms with Crippen LogP contribution in [-0.2, 0) is 4.79 Å². The third-order valence-corrected chi connectivity index (χ3v) is 3.28. The monoisotopic (exact) mass is 181 g/mol. The lowest BCUT2D eigenvalue weighted by atomic mass is 10.4. The van der Waals surface area contributed by atoms with Crippen LogP contribution in [0.1, 0.15) is 6.92 Å². The average Bonchev–Trinajstić information content (AvgIpc) is 1.88. The number of carboxylic acids is 1. The summed E-state index contributed by atoms with van der Waals surface area (Å²) in [7, 11) is 3.13. The van der Waals surface area contributed by atoms with Crippen LogP contribution in [0, 0.1) is 0 Å². The zero-order valence-corrected chi connectivity index (χ0v) is 7.37. The van der Waals surface area contributed by atoms with Crippen molar-refractivity contribution in [3.8, 4) is 0 Å². The minimum Gasteiger partial charge on any atom is -0.480 e. The molecule has 0 aliphatic rings. The van der Waals surface area contributed by atoms with Gasteiger partial charge >= 0.3 is 5.97 Å². The smallest absolute Gasteiger partial charge is 0.321 e. The summed E-state index contributed by atoms with van der Waals surface area (Å²) < 4.78 is 0. The Bertz CT molecular complexity index is 110. The first-order valence-electron chi connectivity index (χ1n) is 2.91. The zero-order valence-electron chi connectivity index (χ0n) is 5.74. The van der Waals surface area contributed by atoms with Crippen LogP contribution in [0.5, 0.6) is 0 Å². The molecule has 0 saturated carbocycles. The molecule has 0 rings (SSSR count). The molecule has 0 amide bonds. The number of hydrogen-bond acceptors (Lipinski definition) is 4. The van der Waals surface area contributed by atoms with Crippen LogP contribution in [0.2, 0.25) is 0 Å². The Hall–Kier alpha value is 0.130. The van der Waals surface area contributed by atoms with E-state index in [2.05, 4.69) is 0 Å². The molecule has 0 aromatic rings. The first-order chi connectivity index (χ1) is 4.68. The van der Waals surface area contributed by atoms with E-state index in [1.165, 1.54) is 10.8 Å². The largest absolute Gasteiger partial charge is 0.480 e. The van der Waals surface area contributed by atoms with Crippen LogP contribution in [-0.4, -0.2) is 28.6 Å². The Morgan fingerprint density at radius 2 is 2.30 bits per heavy atom. The summed E-state index contributed by atoms with van der Waals surface area (Å²) in [4.78, 5) is 10.1. The highest BCUT2D eigenvalue weighted by Gasteiger charge is 2.10. The summed E-state index contributed by atoms with van der Waals surface area (Å²) >= 11 is 0. The molecule has 1 atom stereocenters. The van der Waals surface area contributed by atoms with E-state index < -0.39 is 12.0 Å². The van der Waals surface area contributed by atoms with Crippen molar-refractivity contribution >= 4 is 27.6 Å². The van der Waals surface area contributed by atoms with Crippen LogP contribution in [0.4, 0.5) is 0 Å². The predicted molar refractivity (Wildman–Crippen MR) is 46.2 cm³/mol. The van der Waals surface area contributed by atoms with Crippen molar-refractivity contribution in [1.29, 1.82) is 0 Å². The van der Waals surface area contributed by atoms with E-state index in [-0.39, 0.29) is 0 Å². The van der Waals surface area contributed by atoms with Gasteiger partial charge in [0.15, 0.2) is 0 Å². The maximum absolute atomic E-state index is 10.1. The van der Waals surface area contributed by atoms with Crippen LogP contribution in [0.15, 0.2) is 0 Å². The molecular formula is C5H11NO2S2. The van der Waals surface area contributed by atoms with Gasteiger partial charge in [-0.25, -0.2) is 0 Å². The molecule has 0 heterocycles. The number of nitrogens with two attached hydrogens (primary N) is 1. The zero-order chi connectivity index (χ0) is 7.98. The minimum atomic E-state index is -0.927. The third-order valence-electron chi connectivity index (χ3n) is 0.766. The molecule has 0 saturated heterocycles. The van der Waals surface area contributed by atoms with Crippen LogP contribution < -0.4 is 5.73 Å².